The van der Waals surface area contributed by atoms with E-state index in [1.54, 1.807) is 32.0 Å². The van der Waals surface area contributed by atoms with Crippen LogP contribution in [0.3, 0.4) is 0 Å². The normalized spacial score (nSPS) is 32.8. The number of aromatic nitrogens is 3. The molecule has 2 aromatic rings. The Balaban J connectivity index is 1.31. The summed E-state index contributed by atoms with van der Waals surface area (Å²) < 4.78 is 48.6. The van der Waals surface area contributed by atoms with Gasteiger partial charge < -0.3 is 30.2 Å². The third kappa shape index (κ3) is 3.87. The third-order valence-electron chi connectivity index (χ3n) is 5.18. The van der Waals surface area contributed by atoms with Gasteiger partial charge in [-0.15, -0.1) is 5.10 Å². The van der Waals surface area contributed by atoms with Crippen molar-refractivity contribution >= 4 is 19.4 Å². The summed E-state index contributed by atoms with van der Waals surface area (Å²) in [5.41, 5.74) is 12.2. The number of nitrogen functional groups attached to an aromatic ring is 1. The van der Waals surface area contributed by atoms with Crippen molar-refractivity contribution in [3.8, 4) is 5.75 Å². The molecule has 4 heterocycles. The summed E-state index contributed by atoms with van der Waals surface area (Å²) in [5.74, 6) is -1.45. The van der Waals surface area contributed by atoms with E-state index in [1.807, 2.05) is 0 Å². The molecule has 3 aliphatic heterocycles. The zero-order valence-corrected chi connectivity index (χ0v) is 18.1. The molecule has 1 aromatic carbocycles. The number of primary amides is 1. The Labute approximate surface area is 182 Å². The summed E-state index contributed by atoms with van der Waals surface area (Å²) in [6.07, 6.45) is -1.30. The lowest BCUT2D eigenvalue weighted by Gasteiger charge is -2.27. The molecule has 0 radical (unpaired) electrons. The Morgan fingerprint density at radius 2 is 2.12 bits per heavy atom. The number of benzene rings is 1. The molecule has 1 unspecified atom stereocenters. The van der Waals surface area contributed by atoms with Crippen LogP contribution in [0.5, 0.6) is 5.75 Å². The number of anilines is 1. The molecule has 172 valence electrons. The number of hydrogen-bond acceptors (Lipinski definition) is 11. The van der Waals surface area contributed by atoms with Crippen molar-refractivity contribution in [3.05, 3.63) is 35.9 Å². The van der Waals surface area contributed by atoms with Crippen molar-refractivity contribution in [2.75, 3.05) is 12.3 Å². The van der Waals surface area contributed by atoms with E-state index in [9.17, 15) is 9.36 Å². The van der Waals surface area contributed by atoms with E-state index in [4.69, 9.17) is 39.2 Å². The SMILES string of the molecule is CC1(C)O[C@@H]2[C@H](O1)[C@@H](COP1(=O)OCc3cc(N)ccc3O1)O[C@H]2n1cnc(C(N)=O)n1. The van der Waals surface area contributed by atoms with Crippen molar-refractivity contribution in [1.82, 2.24) is 14.8 Å². The number of rotatable bonds is 5. The molecule has 2 saturated heterocycles. The smallest absolute Gasteiger partial charge is 0.404 e. The highest BCUT2D eigenvalue weighted by atomic mass is 31.2. The van der Waals surface area contributed by atoms with E-state index in [2.05, 4.69) is 10.1 Å². The number of phosphoric ester groups is 1. The average molecular weight is 467 g/mol. The minimum atomic E-state index is -3.90. The molecule has 0 saturated carbocycles. The number of hydrogen-bond donors (Lipinski definition) is 2. The fraction of sp³-hybridized carbons (Fsp3) is 0.500. The summed E-state index contributed by atoms with van der Waals surface area (Å²) in [6.45, 7) is 3.37. The number of ether oxygens (including phenoxy) is 3. The highest BCUT2D eigenvalue weighted by Crippen LogP contribution is 2.55. The van der Waals surface area contributed by atoms with Gasteiger partial charge in [0, 0.05) is 11.3 Å². The summed E-state index contributed by atoms with van der Waals surface area (Å²) >= 11 is 0. The Morgan fingerprint density at radius 3 is 2.88 bits per heavy atom. The molecule has 13 nitrogen and oxygen atoms in total. The summed E-state index contributed by atoms with van der Waals surface area (Å²) in [7, 11) is -3.90. The predicted molar refractivity (Wildman–Crippen MR) is 106 cm³/mol. The maximum Gasteiger partial charge on any atom is 0.530 e. The number of amides is 1. The van der Waals surface area contributed by atoms with Crippen molar-refractivity contribution in [2.24, 2.45) is 5.73 Å². The minimum Gasteiger partial charge on any atom is -0.404 e. The van der Waals surface area contributed by atoms with Gasteiger partial charge in [0.2, 0.25) is 5.82 Å². The van der Waals surface area contributed by atoms with Gasteiger partial charge in [-0.05, 0) is 32.0 Å². The monoisotopic (exact) mass is 467 g/mol. The minimum absolute atomic E-state index is 0.0271. The molecule has 5 atom stereocenters. The average Bonchev–Trinajstić information content (AvgIpc) is 3.40. The summed E-state index contributed by atoms with van der Waals surface area (Å²) in [6, 6.07) is 4.92. The first-order valence-corrected chi connectivity index (χ1v) is 11.3. The highest BCUT2D eigenvalue weighted by Gasteiger charge is 2.57. The van der Waals surface area contributed by atoms with E-state index in [-0.39, 0.29) is 19.0 Å². The first-order chi connectivity index (χ1) is 15.1. The topological polar surface area (TPSA) is 172 Å². The van der Waals surface area contributed by atoms with Gasteiger partial charge in [0.15, 0.2) is 12.0 Å². The standard InChI is InChI=1S/C18H22N5O8P/c1-18(2)29-13-12(28-17(14(13)30-18)23-8-21-16(22-23)15(20)24)7-27-32(25)26-6-9-5-10(19)3-4-11(9)31-32/h3-5,8,12-14,17H,6-7,19H2,1-2H3,(H2,20,24)/t12-,13-,14-,17-,32?/m1/s1. The fourth-order valence-electron chi connectivity index (χ4n) is 3.84. The second-order valence-electron chi connectivity index (χ2n) is 8.02. The quantitative estimate of drug-likeness (QED) is 0.476. The molecule has 0 aliphatic carbocycles. The second kappa shape index (κ2) is 7.51. The van der Waals surface area contributed by atoms with Crippen LogP contribution in [0.4, 0.5) is 5.69 Å². The number of nitrogens with zero attached hydrogens (tertiary/aromatic N) is 3. The largest absolute Gasteiger partial charge is 0.530 e. The van der Waals surface area contributed by atoms with Gasteiger partial charge in [-0.25, -0.2) is 14.2 Å². The maximum absolute atomic E-state index is 13.0. The predicted octanol–water partition coefficient (Wildman–Crippen LogP) is 1.11. The van der Waals surface area contributed by atoms with E-state index in [1.165, 1.54) is 11.0 Å². The van der Waals surface area contributed by atoms with Gasteiger partial charge in [0.25, 0.3) is 5.91 Å². The van der Waals surface area contributed by atoms with Crippen LogP contribution in [0, 0.1) is 0 Å². The van der Waals surface area contributed by atoms with Crippen LogP contribution in [0.25, 0.3) is 0 Å². The lowest BCUT2D eigenvalue weighted by atomic mass is 10.1. The van der Waals surface area contributed by atoms with E-state index in [0.29, 0.717) is 17.0 Å². The molecule has 4 N–H and O–H groups in total. The summed E-state index contributed by atoms with van der Waals surface area (Å²) in [4.78, 5) is 15.2. The molecule has 14 heteroatoms. The number of phosphoric acid groups is 1. The van der Waals surface area contributed by atoms with Crippen LogP contribution < -0.4 is 16.0 Å². The maximum atomic E-state index is 13.0. The van der Waals surface area contributed by atoms with Crippen molar-refractivity contribution < 1.29 is 37.1 Å². The number of carbonyl (C=O) groups excluding carboxylic acids is 1. The zero-order chi connectivity index (χ0) is 22.7. The molecular weight excluding hydrogens is 445 g/mol. The van der Waals surface area contributed by atoms with E-state index in [0.717, 1.165) is 0 Å². The molecule has 32 heavy (non-hydrogen) atoms. The lowest BCUT2D eigenvalue weighted by Crippen LogP contribution is -2.33. The van der Waals surface area contributed by atoms with Crippen LogP contribution >= 0.6 is 7.82 Å². The molecule has 0 spiro atoms. The lowest BCUT2D eigenvalue weighted by molar-refractivity contribution is -0.201. The zero-order valence-electron chi connectivity index (χ0n) is 17.2. The molecular formula is C18H22N5O8P. The van der Waals surface area contributed by atoms with Gasteiger partial charge in [0.1, 0.15) is 30.4 Å². The number of carbonyl (C=O) groups is 1. The van der Waals surface area contributed by atoms with Crippen LogP contribution in [0.1, 0.15) is 36.3 Å². The van der Waals surface area contributed by atoms with Crippen LogP contribution in [-0.2, 0) is 34.4 Å². The van der Waals surface area contributed by atoms with Gasteiger partial charge in [-0.2, -0.15) is 0 Å². The number of fused-ring (bicyclic) bond motifs is 2. The fourth-order valence-corrected chi connectivity index (χ4v) is 5.07. The molecule has 5 rings (SSSR count). The van der Waals surface area contributed by atoms with Crippen molar-refractivity contribution in [3.63, 3.8) is 0 Å². The third-order valence-corrected chi connectivity index (χ3v) is 6.52. The van der Waals surface area contributed by atoms with Gasteiger partial charge in [-0.1, -0.05) is 0 Å². The molecule has 3 aliphatic rings. The Kier molecular flexibility index (Phi) is 5.00. The molecule has 1 amide bonds. The molecule has 0 bridgehead atoms. The Bertz CT molecular complexity index is 1110. The summed E-state index contributed by atoms with van der Waals surface area (Å²) in [5, 5.41) is 4.05. The van der Waals surface area contributed by atoms with Crippen molar-refractivity contribution in [2.45, 2.75) is 50.8 Å². The van der Waals surface area contributed by atoms with Gasteiger partial charge in [0.05, 0.1) is 13.2 Å². The Morgan fingerprint density at radius 1 is 1.34 bits per heavy atom. The Hall–Kier alpha value is -2.54. The van der Waals surface area contributed by atoms with Crippen molar-refractivity contribution in [1.29, 1.82) is 0 Å². The second-order valence-corrected chi connectivity index (χ2v) is 9.61. The first kappa shape index (κ1) is 21.3. The molecule has 2 fully saturated rings. The van der Waals surface area contributed by atoms with Crippen LogP contribution in [0.2, 0.25) is 0 Å². The molecule has 1 aromatic heterocycles. The van der Waals surface area contributed by atoms with E-state index < -0.39 is 44.1 Å². The van der Waals surface area contributed by atoms with Gasteiger partial charge >= 0.3 is 7.82 Å². The van der Waals surface area contributed by atoms with Crippen LogP contribution in [0.15, 0.2) is 24.5 Å². The van der Waals surface area contributed by atoms with Gasteiger partial charge in [-0.3, -0.25) is 13.8 Å². The van der Waals surface area contributed by atoms with E-state index >= 15 is 0 Å². The van der Waals surface area contributed by atoms with Crippen LogP contribution in [-0.4, -0.2) is 51.4 Å². The first-order valence-electron chi connectivity index (χ1n) is 9.82. The highest BCUT2D eigenvalue weighted by molar-refractivity contribution is 7.49. The number of nitrogens with two attached hydrogens (primary N) is 2.